The van der Waals surface area contributed by atoms with Crippen molar-refractivity contribution in [3.8, 4) is 11.4 Å². The van der Waals surface area contributed by atoms with Crippen LogP contribution in [-0.4, -0.2) is 20.2 Å². The first-order valence-corrected chi connectivity index (χ1v) is 5.39. The molecule has 0 atom stereocenters. The molecule has 0 radical (unpaired) electrons. The summed E-state index contributed by atoms with van der Waals surface area (Å²) in [5, 5.41) is 11.3. The highest BCUT2D eigenvalue weighted by Crippen LogP contribution is 2.22. The van der Waals surface area contributed by atoms with Crippen molar-refractivity contribution in [1.29, 1.82) is 0 Å². The van der Waals surface area contributed by atoms with Crippen molar-refractivity contribution < 1.29 is 4.39 Å². The Labute approximate surface area is 98.4 Å². The molecular weight excluding hydrogens is 221 g/mol. The van der Waals surface area contributed by atoms with E-state index in [1.807, 2.05) is 13.8 Å². The van der Waals surface area contributed by atoms with Crippen LogP contribution in [0.2, 0.25) is 0 Å². The highest BCUT2D eigenvalue weighted by atomic mass is 19.1. The Morgan fingerprint density at radius 1 is 1.41 bits per heavy atom. The van der Waals surface area contributed by atoms with Gasteiger partial charge >= 0.3 is 0 Å². The van der Waals surface area contributed by atoms with Crippen molar-refractivity contribution in [2.24, 2.45) is 5.92 Å². The summed E-state index contributed by atoms with van der Waals surface area (Å²) >= 11 is 0. The van der Waals surface area contributed by atoms with E-state index in [-0.39, 0.29) is 5.82 Å². The van der Waals surface area contributed by atoms with Gasteiger partial charge in [0.15, 0.2) is 5.82 Å². The first kappa shape index (κ1) is 11.5. The van der Waals surface area contributed by atoms with Crippen LogP contribution in [0.5, 0.6) is 0 Å². The van der Waals surface area contributed by atoms with Gasteiger partial charge in [0.05, 0.1) is 5.56 Å². The lowest BCUT2D eigenvalue weighted by Gasteiger charge is -2.08. The summed E-state index contributed by atoms with van der Waals surface area (Å²) in [6, 6.07) is 4.37. The van der Waals surface area contributed by atoms with Gasteiger partial charge in [-0.05, 0) is 34.5 Å². The van der Waals surface area contributed by atoms with E-state index in [4.69, 9.17) is 5.73 Å². The summed E-state index contributed by atoms with van der Waals surface area (Å²) in [4.78, 5) is 0. The molecule has 17 heavy (non-hydrogen) atoms. The van der Waals surface area contributed by atoms with E-state index in [1.165, 1.54) is 18.2 Å². The van der Waals surface area contributed by atoms with Crippen molar-refractivity contribution in [1.82, 2.24) is 20.2 Å². The average Bonchev–Trinajstić information content (AvgIpc) is 2.69. The normalized spacial score (nSPS) is 11.1. The molecule has 0 saturated carbocycles. The van der Waals surface area contributed by atoms with Crippen LogP contribution in [0.1, 0.15) is 13.8 Å². The molecule has 0 unspecified atom stereocenters. The lowest BCUT2D eigenvalue weighted by Crippen LogP contribution is -2.08. The molecule has 0 spiro atoms. The molecule has 0 aliphatic heterocycles. The highest BCUT2D eigenvalue weighted by molar-refractivity contribution is 5.61. The summed E-state index contributed by atoms with van der Waals surface area (Å²) in [5.41, 5.74) is 6.46. The fraction of sp³-hybridized carbons (Fsp3) is 0.364. The van der Waals surface area contributed by atoms with Crippen molar-refractivity contribution >= 4 is 5.69 Å². The standard InChI is InChI=1S/C11H14FN5/c1-7(2)6-17-11(14-15-16-17)9-5-8(13)3-4-10(9)12/h3-5,7H,6,13H2,1-2H3. The van der Waals surface area contributed by atoms with E-state index in [1.54, 1.807) is 4.68 Å². The molecule has 0 aliphatic carbocycles. The van der Waals surface area contributed by atoms with Gasteiger partial charge in [0.25, 0.3) is 0 Å². The SMILES string of the molecule is CC(C)Cn1nnnc1-c1cc(N)ccc1F. The lowest BCUT2D eigenvalue weighted by molar-refractivity contribution is 0.474. The van der Waals surface area contributed by atoms with Crippen LogP contribution in [-0.2, 0) is 6.54 Å². The van der Waals surface area contributed by atoms with Crippen LogP contribution in [0, 0.1) is 11.7 Å². The van der Waals surface area contributed by atoms with Gasteiger partial charge in [0.1, 0.15) is 5.82 Å². The number of anilines is 1. The minimum absolute atomic E-state index is 0.329. The number of nitrogens with two attached hydrogens (primary N) is 1. The molecule has 2 rings (SSSR count). The molecule has 1 heterocycles. The maximum absolute atomic E-state index is 13.7. The van der Waals surface area contributed by atoms with Crippen molar-refractivity contribution in [2.45, 2.75) is 20.4 Å². The summed E-state index contributed by atoms with van der Waals surface area (Å²) < 4.78 is 15.3. The van der Waals surface area contributed by atoms with E-state index in [0.717, 1.165) is 0 Å². The molecule has 5 nitrogen and oxygen atoms in total. The minimum Gasteiger partial charge on any atom is -0.399 e. The third kappa shape index (κ3) is 2.41. The lowest BCUT2D eigenvalue weighted by atomic mass is 10.1. The predicted octanol–water partition coefficient (Wildman–Crippen LogP) is 1.72. The van der Waals surface area contributed by atoms with Gasteiger partial charge in [0, 0.05) is 12.2 Å². The monoisotopic (exact) mass is 235 g/mol. The first-order valence-electron chi connectivity index (χ1n) is 5.39. The van der Waals surface area contributed by atoms with Crippen LogP contribution < -0.4 is 5.73 Å². The Hall–Kier alpha value is -1.98. The molecular formula is C11H14FN5. The minimum atomic E-state index is -0.376. The van der Waals surface area contributed by atoms with Gasteiger partial charge in [-0.2, -0.15) is 0 Å². The van der Waals surface area contributed by atoms with Crippen LogP contribution in [0.15, 0.2) is 18.2 Å². The fourth-order valence-corrected chi connectivity index (χ4v) is 1.58. The molecule has 1 aromatic carbocycles. The molecule has 2 N–H and O–H groups in total. The number of rotatable bonds is 3. The predicted molar refractivity (Wildman–Crippen MR) is 62.5 cm³/mol. The van der Waals surface area contributed by atoms with Gasteiger partial charge in [-0.15, -0.1) is 5.10 Å². The van der Waals surface area contributed by atoms with E-state index in [2.05, 4.69) is 15.5 Å². The number of nitrogens with zero attached hydrogens (tertiary/aromatic N) is 4. The van der Waals surface area contributed by atoms with E-state index in [9.17, 15) is 4.39 Å². The van der Waals surface area contributed by atoms with Crippen LogP contribution in [0.25, 0.3) is 11.4 Å². The number of tetrazole rings is 1. The Kier molecular flexibility index (Phi) is 3.03. The molecule has 1 aromatic heterocycles. The fourth-order valence-electron chi connectivity index (χ4n) is 1.58. The topological polar surface area (TPSA) is 69.6 Å². The summed E-state index contributed by atoms with van der Waals surface area (Å²) in [7, 11) is 0. The molecule has 0 fully saturated rings. The second-order valence-electron chi connectivity index (χ2n) is 4.32. The third-order valence-electron chi connectivity index (χ3n) is 2.30. The molecule has 0 aliphatic rings. The number of nitrogen functional groups attached to an aromatic ring is 1. The Bertz CT molecular complexity index is 520. The highest BCUT2D eigenvalue weighted by Gasteiger charge is 2.14. The molecule has 2 aromatic rings. The van der Waals surface area contributed by atoms with Gasteiger partial charge in [0.2, 0.25) is 0 Å². The molecule has 0 bridgehead atoms. The number of halogens is 1. The second-order valence-corrected chi connectivity index (χ2v) is 4.32. The Morgan fingerprint density at radius 3 is 2.88 bits per heavy atom. The zero-order chi connectivity index (χ0) is 12.4. The van der Waals surface area contributed by atoms with E-state index in [0.29, 0.717) is 29.5 Å². The van der Waals surface area contributed by atoms with Gasteiger partial charge in [-0.25, -0.2) is 9.07 Å². The van der Waals surface area contributed by atoms with Gasteiger partial charge in [-0.1, -0.05) is 13.8 Å². The van der Waals surface area contributed by atoms with Crippen LogP contribution in [0.3, 0.4) is 0 Å². The van der Waals surface area contributed by atoms with Gasteiger partial charge < -0.3 is 5.73 Å². The maximum Gasteiger partial charge on any atom is 0.185 e. The quantitative estimate of drug-likeness (QED) is 0.822. The van der Waals surface area contributed by atoms with E-state index < -0.39 is 0 Å². The Balaban J connectivity index is 2.45. The molecule has 0 saturated heterocycles. The summed E-state index contributed by atoms with van der Waals surface area (Å²) in [5.74, 6) is 0.406. The number of benzene rings is 1. The molecule has 6 heteroatoms. The number of hydrogen-bond donors (Lipinski definition) is 1. The zero-order valence-corrected chi connectivity index (χ0v) is 9.76. The maximum atomic E-state index is 13.7. The molecule has 90 valence electrons. The van der Waals surface area contributed by atoms with Crippen LogP contribution >= 0.6 is 0 Å². The van der Waals surface area contributed by atoms with Crippen molar-refractivity contribution in [3.63, 3.8) is 0 Å². The summed E-state index contributed by atoms with van der Waals surface area (Å²) in [6.07, 6.45) is 0. The average molecular weight is 235 g/mol. The third-order valence-corrected chi connectivity index (χ3v) is 2.30. The largest absolute Gasteiger partial charge is 0.399 e. The molecule has 0 amide bonds. The van der Waals surface area contributed by atoms with Crippen molar-refractivity contribution in [3.05, 3.63) is 24.0 Å². The summed E-state index contributed by atoms with van der Waals surface area (Å²) in [6.45, 7) is 4.72. The second kappa shape index (κ2) is 4.48. The smallest absolute Gasteiger partial charge is 0.185 e. The van der Waals surface area contributed by atoms with Gasteiger partial charge in [-0.3, -0.25) is 0 Å². The number of aromatic nitrogens is 4. The van der Waals surface area contributed by atoms with Crippen molar-refractivity contribution in [2.75, 3.05) is 5.73 Å². The van der Waals surface area contributed by atoms with Crippen LogP contribution in [0.4, 0.5) is 10.1 Å². The number of hydrogen-bond acceptors (Lipinski definition) is 4. The zero-order valence-electron chi connectivity index (χ0n) is 9.76. The Morgan fingerprint density at radius 2 is 2.18 bits per heavy atom. The first-order chi connectivity index (χ1) is 8.08. The van der Waals surface area contributed by atoms with E-state index >= 15 is 0 Å².